The number of hydrogen-bond acceptors (Lipinski definition) is 4. The molecule has 98 valence electrons. The monoisotopic (exact) mass is 249 g/mol. The molecule has 1 aromatic heterocycles. The van der Waals surface area contributed by atoms with Crippen LogP contribution in [0.2, 0.25) is 0 Å². The van der Waals surface area contributed by atoms with E-state index in [1.165, 1.54) is 0 Å². The predicted octanol–water partition coefficient (Wildman–Crippen LogP) is 1.08. The average Bonchev–Trinajstić information content (AvgIpc) is 2.82. The number of amides is 1. The summed E-state index contributed by atoms with van der Waals surface area (Å²) in [6.45, 7) is 5.05. The van der Waals surface area contributed by atoms with Gasteiger partial charge in [0.15, 0.2) is 0 Å². The van der Waals surface area contributed by atoms with Crippen LogP contribution < -0.4 is 5.32 Å². The van der Waals surface area contributed by atoms with Gasteiger partial charge in [0.2, 0.25) is 5.91 Å². The number of nitrogens with zero attached hydrogens (tertiary/aromatic N) is 4. The van der Waals surface area contributed by atoms with Crippen molar-refractivity contribution in [3.8, 4) is 6.07 Å². The number of rotatable bonds is 6. The molecule has 6 nitrogen and oxygen atoms in total. The Bertz CT molecular complexity index is 434. The fourth-order valence-corrected chi connectivity index (χ4v) is 1.58. The SMILES string of the molecule is CCn1cc(N[C@@H](C)C(=O)N(C)CCC#N)cn1. The minimum absolute atomic E-state index is 0.0329. The van der Waals surface area contributed by atoms with Crippen molar-refractivity contribution in [2.75, 3.05) is 18.9 Å². The lowest BCUT2D eigenvalue weighted by atomic mass is 10.2. The number of nitrogens with one attached hydrogen (secondary N) is 1. The van der Waals surface area contributed by atoms with Crippen LogP contribution in [-0.2, 0) is 11.3 Å². The summed E-state index contributed by atoms with van der Waals surface area (Å²) in [5.74, 6) is -0.0329. The van der Waals surface area contributed by atoms with Gasteiger partial charge in [0, 0.05) is 26.3 Å². The van der Waals surface area contributed by atoms with Gasteiger partial charge < -0.3 is 10.2 Å². The third kappa shape index (κ3) is 3.77. The molecule has 0 saturated carbocycles. The van der Waals surface area contributed by atoms with Crippen LogP contribution in [0.3, 0.4) is 0 Å². The number of aromatic nitrogens is 2. The van der Waals surface area contributed by atoms with Gasteiger partial charge >= 0.3 is 0 Å². The normalized spacial score (nSPS) is 11.7. The van der Waals surface area contributed by atoms with Crippen LogP contribution in [0.4, 0.5) is 5.69 Å². The topological polar surface area (TPSA) is 74.0 Å². The van der Waals surface area contributed by atoms with Crippen molar-refractivity contribution in [3.63, 3.8) is 0 Å². The summed E-state index contributed by atoms with van der Waals surface area (Å²) in [7, 11) is 1.70. The fraction of sp³-hybridized carbons (Fsp3) is 0.583. The average molecular weight is 249 g/mol. The molecule has 0 spiro atoms. The van der Waals surface area contributed by atoms with E-state index in [1.54, 1.807) is 29.7 Å². The Balaban J connectivity index is 2.51. The molecule has 18 heavy (non-hydrogen) atoms. The number of carbonyl (C=O) groups excluding carboxylic acids is 1. The second-order valence-corrected chi connectivity index (χ2v) is 4.12. The molecule has 0 aliphatic carbocycles. The number of nitriles is 1. The van der Waals surface area contributed by atoms with Gasteiger partial charge in [-0.15, -0.1) is 0 Å². The van der Waals surface area contributed by atoms with Crippen LogP contribution in [0.5, 0.6) is 0 Å². The van der Waals surface area contributed by atoms with Gasteiger partial charge in [-0.25, -0.2) is 0 Å². The smallest absolute Gasteiger partial charge is 0.244 e. The fourth-order valence-electron chi connectivity index (χ4n) is 1.58. The maximum atomic E-state index is 12.0. The second-order valence-electron chi connectivity index (χ2n) is 4.12. The molecule has 6 heteroatoms. The number of aryl methyl sites for hydroxylation is 1. The van der Waals surface area contributed by atoms with E-state index in [9.17, 15) is 4.79 Å². The van der Waals surface area contributed by atoms with E-state index in [0.717, 1.165) is 12.2 Å². The lowest BCUT2D eigenvalue weighted by Crippen LogP contribution is -2.39. The summed E-state index contributed by atoms with van der Waals surface area (Å²) in [6, 6.07) is 1.70. The number of likely N-dealkylation sites (N-methyl/N-ethyl adjacent to an activating group) is 1. The highest BCUT2D eigenvalue weighted by Crippen LogP contribution is 2.08. The van der Waals surface area contributed by atoms with Crippen LogP contribution in [0, 0.1) is 11.3 Å². The van der Waals surface area contributed by atoms with Gasteiger partial charge in [0.25, 0.3) is 0 Å². The largest absolute Gasteiger partial charge is 0.371 e. The van der Waals surface area contributed by atoms with Gasteiger partial charge in [-0.2, -0.15) is 10.4 Å². The Labute approximate surface area is 107 Å². The second kappa shape index (κ2) is 6.64. The molecule has 1 amide bonds. The summed E-state index contributed by atoms with van der Waals surface area (Å²) in [5.41, 5.74) is 0.825. The van der Waals surface area contributed by atoms with Crippen molar-refractivity contribution < 1.29 is 4.79 Å². The molecule has 0 saturated heterocycles. The van der Waals surface area contributed by atoms with E-state index >= 15 is 0 Å². The Morgan fingerprint density at radius 1 is 1.72 bits per heavy atom. The standard InChI is InChI=1S/C12H19N5O/c1-4-17-9-11(8-14-17)15-10(2)12(18)16(3)7-5-6-13/h8-10,15H,4-5,7H2,1-3H3/t10-/m0/s1. The van der Waals surface area contributed by atoms with Crippen LogP contribution in [-0.4, -0.2) is 40.2 Å². The summed E-state index contributed by atoms with van der Waals surface area (Å²) in [4.78, 5) is 13.5. The zero-order valence-corrected chi connectivity index (χ0v) is 11.1. The number of anilines is 1. The van der Waals surface area contributed by atoms with Gasteiger partial charge in [-0.3, -0.25) is 9.48 Å². The number of hydrogen-bond donors (Lipinski definition) is 1. The van der Waals surface area contributed by atoms with E-state index in [2.05, 4.69) is 10.4 Å². The first-order chi connectivity index (χ1) is 8.58. The van der Waals surface area contributed by atoms with E-state index in [4.69, 9.17) is 5.26 Å². The first-order valence-electron chi connectivity index (χ1n) is 5.99. The van der Waals surface area contributed by atoms with Crippen LogP contribution in [0.1, 0.15) is 20.3 Å². The molecule has 1 rings (SSSR count). The lowest BCUT2D eigenvalue weighted by molar-refractivity contribution is -0.130. The molecule has 0 bridgehead atoms. The Kier molecular flexibility index (Phi) is 5.18. The highest BCUT2D eigenvalue weighted by molar-refractivity contribution is 5.83. The van der Waals surface area contributed by atoms with Gasteiger partial charge in [0.05, 0.1) is 24.4 Å². The van der Waals surface area contributed by atoms with Gasteiger partial charge in [-0.1, -0.05) is 0 Å². The van der Waals surface area contributed by atoms with Crippen molar-refractivity contribution in [3.05, 3.63) is 12.4 Å². The zero-order valence-electron chi connectivity index (χ0n) is 11.1. The molecule has 1 N–H and O–H groups in total. The first-order valence-corrected chi connectivity index (χ1v) is 5.99. The van der Waals surface area contributed by atoms with Crippen LogP contribution in [0.15, 0.2) is 12.4 Å². The molecule has 0 aromatic carbocycles. The lowest BCUT2D eigenvalue weighted by Gasteiger charge is -2.21. The zero-order chi connectivity index (χ0) is 13.5. The Morgan fingerprint density at radius 2 is 2.44 bits per heavy atom. The molecular weight excluding hydrogens is 230 g/mol. The first kappa shape index (κ1) is 14.0. The molecule has 0 aliphatic heterocycles. The van der Waals surface area contributed by atoms with Crippen molar-refractivity contribution in [2.45, 2.75) is 32.9 Å². The number of carbonyl (C=O) groups is 1. The van der Waals surface area contributed by atoms with Gasteiger partial charge in [0.1, 0.15) is 6.04 Å². The molecular formula is C12H19N5O. The molecule has 1 atom stereocenters. The molecule has 0 radical (unpaired) electrons. The van der Waals surface area contributed by atoms with Crippen LogP contribution in [0.25, 0.3) is 0 Å². The highest BCUT2D eigenvalue weighted by Gasteiger charge is 2.17. The van der Waals surface area contributed by atoms with Crippen molar-refractivity contribution in [2.24, 2.45) is 0 Å². The summed E-state index contributed by atoms with van der Waals surface area (Å²) < 4.78 is 1.79. The van der Waals surface area contributed by atoms with E-state index in [1.807, 2.05) is 19.2 Å². The molecule has 1 aromatic rings. The minimum atomic E-state index is -0.330. The van der Waals surface area contributed by atoms with Crippen molar-refractivity contribution >= 4 is 11.6 Å². The Hall–Kier alpha value is -2.03. The van der Waals surface area contributed by atoms with Crippen molar-refractivity contribution in [1.82, 2.24) is 14.7 Å². The third-order valence-electron chi connectivity index (χ3n) is 2.65. The molecule has 1 heterocycles. The maximum absolute atomic E-state index is 12.0. The summed E-state index contributed by atoms with van der Waals surface area (Å²) >= 11 is 0. The van der Waals surface area contributed by atoms with Crippen molar-refractivity contribution in [1.29, 1.82) is 5.26 Å². The third-order valence-corrected chi connectivity index (χ3v) is 2.65. The quantitative estimate of drug-likeness (QED) is 0.818. The molecule has 0 unspecified atom stereocenters. The summed E-state index contributed by atoms with van der Waals surface area (Å²) in [5, 5.41) is 15.7. The Morgan fingerprint density at radius 3 is 3.00 bits per heavy atom. The maximum Gasteiger partial charge on any atom is 0.244 e. The van der Waals surface area contributed by atoms with E-state index in [0.29, 0.717) is 13.0 Å². The molecule has 0 fully saturated rings. The minimum Gasteiger partial charge on any atom is -0.371 e. The predicted molar refractivity (Wildman–Crippen MR) is 68.9 cm³/mol. The van der Waals surface area contributed by atoms with Crippen LogP contribution >= 0.6 is 0 Å². The molecule has 0 aliphatic rings. The van der Waals surface area contributed by atoms with E-state index in [-0.39, 0.29) is 11.9 Å². The summed E-state index contributed by atoms with van der Waals surface area (Å²) in [6.07, 6.45) is 3.91. The highest BCUT2D eigenvalue weighted by atomic mass is 16.2. The van der Waals surface area contributed by atoms with Gasteiger partial charge in [-0.05, 0) is 13.8 Å². The van der Waals surface area contributed by atoms with E-state index < -0.39 is 0 Å².